The van der Waals surface area contributed by atoms with Gasteiger partial charge >= 0.3 is 12.2 Å². The van der Waals surface area contributed by atoms with E-state index in [0.717, 1.165) is 11.3 Å². The number of amides is 2. The Hall–Kier alpha value is -1.63. The van der Waals surface area contributed by atoms with Gasteiger partial charge in [-0.3, -0.25) is 0 Å². The van der Waals surface area contributed by atoms with E-state index in [-0.39, 0.29) is 5.19 Å². The quantitative estimate of drug-likeness (QED) is 0.819. The molecule has 0 aliphatic rings. The van der Waals surface area contributed by atoms with Gasteiger partial charge in [0, 0.05) is 11.6 Å². The lowest BCUT2D eigenvalue weighted by Gasteiger charge is -2.18. The molecule has 0 radical (unpaired) electrons. The number of thiazole rings is 1. The molecule has 1 N–H and O–H groups in total. The summed E-state index contributed by atoms with van der Waals surface area (Å²) in [6.45, 7) is 5.08. The molecular weight excluding hydrogens is 232 g/mol. The lowest BCUT2D eigenvalue weighted by molar-refractivity contribution is 0.0533. The lowest BCUT2D eigenvalue weighted by atomic mass is 10.2. The van der Waals surface area contributed by atoms with Gasteiger partial charge < -0.3 is 9.47 Å². The molecule has 0 bridgehead atoms. The van der Waals surface area contributed by atoms with Crippen LogP contribution >= 0.6 is 11.3 Å². The molecule has 0 fully saturated rings. The van der Waals surface area contributed by atoms with Gasteiger partial charge in [-0.25, -0.2) is 19.9 Å². The number of hydrogen-bond acceptors (Lipinski definition) is 6. The zero-order valence-electron chi connectivity index (χ0n) is 9.14. The first-order chi connectivity index (χ1) is 7.37. The van der Waals surface area contributed by atoms with E-state index in [2.05, 4.69) is 4.98 Å². The average Bonchev–Trinajstić information content (AvgIpc) is 2.51. The maximum atomic E-state index is 11.1. The molecule has 0 atom stereocenters. The van der Waals surface area contributed by atoms with Crippen LogP contribution < -0.4 is 10.1 Å². The van der Waals surface area contributed by atoms with Crippen molar-refractivity contribution >= 4 is 23.5 Å². The minimum absolute atomic E-state index is 0.168. The van der Waals surface area contributed by atoms with Crippen molar-refractivity contribution in [2.24, 2.45) is 0 Å². The minimum atomic E-state index is -0.913. The van der Waals surface area contributed by atoms with Gasteiger partial charge in [0.2, 0.25) is 0 Å². The highest BCUT2D eigenvalue weighted by Gasteiger charge is 2.19. The molecule has 88 valence electrons. The number of nitrogens with zero attached hydrogens (tertiary/aromatic N) is 1. The van der Waals surface area contributed by atoms with Crippen LogP contribution in [0.25, 0.3) is 0 Å². The van der Waals surface area contributed by atoms with E-state index in [4.69, 9.17) is 9.47 Å². The topological polar surface area (TPSA) is 77.5 Å². The van der Waals surface area contributed by atoms with Crippen LogP contribution in [-0.2, 0) is 4.74 Å². The number of rotatable bonds is 1. The summed E-state index contributed by atoms with van der Waals surface area (Å²) in [5.41, 5.74) is -0.661. The zero-order chi connectivity index (χ0) is 12.2. The van der Waals surface area contributed by atoms with Crippen LogP contribution in [0.3, 0.4) is 0 Å². The molecule has 1 heterocycles. The molecular formula is C9H12N2O4S. The fraction of sp³-hybridized carbons (Fsp3) is 0.444. The van der Waals surface area contributed by atoms with E-state index in [1.165, 1.54) is 6.20 Å². The highest BCUT2D eigenvalue weighted by Crippen LogP contribution is 2.13. The number of hydrogen-bond donors (Lipinski definition) is 1. The molecule has 7 heteroatoms. The van der Waals surface area contributed by atoms with Crippen molar-refractivity contribution in [2.45, 2.75) is 26.4 Å². The van der Waals surface area contributed by atoms with Crippen molar-refractivity contribution in [1.82, 2.24) is 10.3 Å². The highest BCUT2D eigenvalue weighted by molar-refractivity contribution is 7.11. The molecule has 2 amide bonds. The lowest BCUT2D eigenvalue weighted by Crippen LogP contribution is -2.37. The molecule has 1 rings (SSSR count). The number of carbonyl (C=O) groups is 2. The Balaban J connectivity index is 2.37. The van der Waals surface area contributed by atoms with Gasteiger partial charge in [-0.15, -0.1) is 0 Å². The van der Waals surface area contributed by atoms with Crippen LogP contribution in [0.1, 0.15) is 20.8 Å². The minimum Gasteiger partial charge on any atom is -0.443 e. The summed E-state index contributed by atoms with van der Waals surface area (Å²) in [6, 6.07) is 0. The Morgan fingerprint density at radius 2 is 2.06 bits per heavy atom. The van der Waals surface area contributed by atoms with E-state index >= 15 is 0 Å². The van der Waals surface area contributed by atoms with Gasteiger partial charge in [0.1, 0.15) is 5.60 Å². The normalized spacial score (nSPS) is 10.7. The van der Waals surface area contributed by atoms with Crippen LogP contribution in [0.15, 0.2) is 11.6 Å². The second kappa shape index (κ2) is 4.93. The van der Waals surface area contributed by atoms with Gasteiger partial charge in [-0.05, 0) is 20.8 Å². The summed E-state index contributed by atoms with van der Waals surface area (Å²) < 4.78 is 9.56. The molecule has 1 aromatic heterocycles. The van der Waals surface area contributed by atoms with Crippen LogP contribution in [0.4, 0.5) is 9.59 Å². The highest BCUT2D eigenvalue weighted by atomic mass is 32.1. The maximum Gasteiger partial charge on any atom is 0.424 e. The molecule has 16 heavy (non-hydrogen) atoms. The van der Waals surface area contributed by atoms with E-state index < -0.39 is 17.8 Å². The Bertz CT molecular complexity index is 369. The van der Waals surface area contributed by atoms with E-state index in [1.54, 1.807) is 26.2 Å². The number of alkyl carbamates (subject to hydrolysis) is 1. The third-order valence-electron chi connectivity index (χ3n) is 1.19. The summed E-state index contributed by atoms with van der Waals surface area (Å²) in [7, 11) is 0. The van der Waals surface area contributed by atoms with Gasteiger partial charge in [-0.1, -0.05) is 11.3 Å². The molecule has 0 aliphatic carbocycles. The number of imide groups is 1. The zero-order valence-corrected chi connectivity index (χ0v) is 9.96. The number of aromatic nitrogens is 1. The second-order valence-electron chi connectivity index (χ2n) is 3.81. The first-order valence-corrected chi connectivity index (χ1v) is 5.36. The summed E-state index contributed by atoms with van der Waals surface area (Å²) >= 11 is 1.15. The summed E-state index contributed by atoms with van der Waals surface area (Å²) in [5.74, 6) is 0. The van der Waals surface area contributed by atoms with E-state index in [9.17, 15) is 9.59 Å². The number of nitrogens with one attached hydrogen (secondary N) is 1. The molecule has 0 saturated carbocycles. The Morgan fingerprint density at radius 3 is 2.56 bits per heavy atom. The van der Waals surface area contributed by atoms with Gasteiger partial charge in [0.05, 0.1) is 0 Å². The SMILES string of the molecule is CC(C)(C)OC(=O)NC(=O)Oc1nccs1. The van der Waals surface area contributed by atoms with Crippen LogP contribution in [0, 0.1) is 0 Å². The van der Waals surface area contributed by atoms with Gasteiger partial charge in [0.25, 0.3) is 5.19 Å². The van der Waals surface area contributed by atoms with Crippen LogP contribution in [0.5, 0.6) is 5.19 Å². The van der Waals surface area contributed by atoms with Crippen molar-refractivity contribution in [2.75, 3.05) is 0 Å². The molecule has 0 aliphatic heterocycles. The van der Waals surface area contributed by atoms with Gasteiger partial charge in [-0.2, -0.15) is 0 Å². The summed E-state index contributed by atoms with van der Waals surface area (Å²) in [4.78, 5) is 26.0. The van der Waals surface area contributed by atoms with Crippen molar-refractivity contribution in [3.05, 3.63) is 11.6 Å². The summed E-state index contributed by atoms with van der Waals surface area (Å²) in [6.07, 6.45) is -0.279. The standard InChI is InChI=1S/C9H12N2O4S/c1-9(2,3)15-7(13)11-6(12)14-8-10-4-5-16-8/h4-5H,1-3H3,(H,11,12,13). The number of carbonyl (C=O) groups excluding carboxylic acids is 2. The van der Waals surface area contributed by atoms with Crippen molar-refractivity contribution < 1.29 is 19.1 Å². The molecule has 0 saturated heterocycles. The first-order valence-electron chi connectivity index (χ1n) is 4.48. The molecule has 0 spiro atoms. The largest absolute Gasteiger partial charge is 0.443 e. The maximum absolute atomic E-state index is 11.1. The van der Waals surface area contributed by atoms with Crippen molar-refractivity contribution in [1.29, 1.82) is 0 Å². The van der Waals surface area contributed by atoms with Crippen molar-refractivity contribution in [3.63, 3.8) is 0 Å². The fourth-order valence-corrected chi connectivity index (χ4v) is 1.24. The van der Waals surface area contributed by atoms with Crippen LogP contribution in [0.2, 0.25) is 0 Å². The number of ether oxygens (including phenoxy) is 2. The first kappa shape index (κ1) is 12.4. The third kappa shape index (κ3) is 4.74. The Kier molecular flexibility index (Phi) is 3.83. The monoisotopic (exact) mass is 244 g/mol. The van der Waals surface area contributed by atoms with E-state index in [1.807, 2.05) is 5.32 Å². The second-order valence-corrected chi connectivity index (χ2v) is 4.67. The van der Waals surface area contributed by atoms with Gasteiger partial charge in [0.15, 0.2) is 0 Å². The fourth-order valence-electron chi connectivity index (χ4n) is 0.753. The Labute approximate surface area is 96.6 Å². The predicted octanol–water partition coefficient (Wildman–Crippen LogP) is 2.17. The van der Waals surface area contributed by atoms with Crippen LogP contribution in [-0.4, -0.2) is 22.8 Å². The third-order valence-corrected chi connectivity index (χ3v) is 1.84. The molecule has 6 nitrogen and oxygen atoms in total. The Morgan fingerprint density at radius 1 is 1.38 bits per heavy atom. The summed E-state index contributed by atoms with van der Waals surface area (Å²) in [5, 5.41) is 3.74. The molecule has 0 unspecified atom stereocenters. The predicted molar refractivity (Wildman–Crippen MR) is 57.5 cm³/mol. The smallest absolute Gasteiger partial charge is 0.424 e. The average molecular weight is 244 g/mol. The molecule has 0 aromatic carbocycles. The van der Waals surface area contributed by atoms with E-state index in [0.29, 0.717) is 0 Å². The molecule has 1 aromatic rings. The van der Waals surface area contributed by atoms with Crippen molar-refractivity contribution in [3.8, 4) is 5.19 Å².